The first-order valence-electron chi connectivity index (χ1n) is 6.73. The van der Waals surface area contributed by atoms with Crippen LogP contribution >= 0.6 is 0 Å². The summed E-state index contributed by atoms with van der Waals surface area (Å²) in [7, 11) is 0. The van der Waals surface area contributed by atoms with Gasteiger partial charge < -0.3 is 9.88 Å². The minimum atomic E-state index is 0.720. The van der Waals surface area contributed by atoms with Gasteiger partial charge in [0.25, 0.3) is 0 Å². The summed E-state index contributed by atoms with van der Waals surface area (Å²) < 4.78 is 2.24. The van der Waals surface area contributed by atoms with E-state index in [1.165, 1.54) is 19.4 Å². The molecular formula is C13H24N4. The van der Waals surface area contributed by atoms with Crippen molar-refractivity contribution in [3.8, 4) is 0 Å². The predicted molar refractivity (Wildman–Crippen MR) is 70.1 cm³/mol. The number of nitrogens with one attached hydrogen (secondary N) is 1. The molecule has 2 heterocycles. The average Bonchev–Trinajstić information content (AvgIpc) is 2.74. The van der Waals surface area contributed by atoms with Crippen LogP contribution in [-0.4, -0.2) is 46.7 Å². The van der Waals surface area contributed by atoms with Gasteiger partial charge in [-0.2, -0.15) is 0 Å². The zero-order valence-electron chi connectivity index (χ0n) is 11.0. The van der Waals surface area contributed by atoms with Crippen LogP contribution in [0, 0.1) is 6.92 Å². The summed E-state index contributed by atoms with van der Waals surface area (Å²) in [5, 5.41) is 3.49. The molecule has 1 unspecified atom stereocenters. The standard InChI is InChI=1S/C13H24N4/c1-3-4-13-11-14-5-7-17(13)10-9-16-8-6-15-12(16)2/h6,8,13-14H,3-5,7,9-11H2,1-2H3. The third-order valence-electron chi connectivity index (χ3n) is 3.65. The highest BCUT2D eigenvalue weighted by Gasteiger charge is 2.20. The van der Waals surface area contributed by atoms with E-state index in [1.807, 2.05) is 6.20 Å². The second kappa shape index (κ2) is 6.17. The number of aryl methyl sites for hydroxylation is 1. The maximum Gasteiger partial charge on any atom is 0.105 e. The molecule has 17 heavy (non-hydrogen) atoms. The Hall–Kier alpha value is -0.870. The molecule has 1 aliphatic rings. The van der Waals surface area contributed by atoms with Gasteiger partial charge in [0.05, 0.1) is 0 Å². The van der Waals surface area contributed by atoms with Crippen LogP contribution in [0.4, 0.5) is 0 Å². The van der Waals surface area contributed by atoms with Crippen LogP contribution in [0.1, 0.15) is 25.6 Å². The lowest BCUT2D eigenvalue weighted by Crippen LogP contribution is -2.51. The number of hydrogen-bond donors (Lipinski definition) is 1. The highest BCUT2D eigenvalue weighted by Crippen LogP contribution is 2.10. The molecule has 0 aromatic carbocycles. The van der Waals surface area contributed by atoms with Gasteiger partial charge in [-0.1, -0.05) is 13.3 Å². The number of hydrogen-bond acceptors (Lipinski definition) is 3. The van der Waals surface area contributed by atoms with E-state index in [0.29, 0.717) is 0 Å². The summed E-state index contributed by atoms with van der Waals surface area (Å²) in [4.78, 5) is 6.89. The minimum Gasteiger partial charge on any atom is -0.334 e. The first kappa shape index (κ1) is 12.6. The van der Waals surface area contributed by atoms with Gasteiger partial charge in [0.2, 0.25) is 0 Å². The van der Waals surface area contributed by atoms with Gasteiger partial charge in [0, 0.05) is 51.2 Å². The van der Waals surface area contributed by atoms with Crippen LogP contribution in [0.3, 0.4) is 0 Å². The fraction of sp³-hybridized carbons (Fsp3) is 0.769. The summed E-state index contributed by atoms with van der Waals surface area (Å²) in [6.07, 6.45) is 6.53. The summed E-state index contributed by atoms with van der Waals surface area (Å²) in [5.41, 5.74) is 0. The van der Waals surface area contributed by atoms with Crippen molar-refractivity contribution in [2.75, 3.05) is 26.2 Å². The Morgan fingerprint density at radius 2 is 2.35 bits per heavy atom. The molecule has 1 N–H and O–H groups in total. The van der Waals surface area contributed by atoms with E-state index in [1.54, 1.807) is 0 Å². The summed E-state index contributed by atoms with van der Waals surface area (Å²) in [5.74, 6) is 1.12. The zero-order valence-corrected chi connectivity index (χ0v) is 11.0. The Kier molecular flexibility index (Phi) is 4.57. The van der Waals surface area contributed by atoms with Crippen molar-refractivity contribution in [3.05, 3.63) is 18.2 Å². The molecule has 0 spiro atoms. The number of nitrogens with zero attached hydrogens (tertiary/aromatic N) is 3. The van der Waals surface area contributed by atoms with Crippen molar-refractivity contribution in [2.45, 2.75) is 39.3 Å². The van der Waals surface area contributed by atoms with E-state index in [-0.39, 0.29) is 0 Å². The highest BCUT2D eigenvalue weighted by atomic mass is 15.2. The number of imidazole rings is 1. The Morgan fingerprint density at radius 1 is 1.47 bits per heavy atom. The van der Waals surface area contributed by atoms with E-state index < -0.39 is 0 Å². The molecule has 1 aromatic rings. The molecule has 0 saturated carbocycles. The smallest absolute Gasteiger partial charge is 0.105 e. The number of aromatic nitrogens is 2. The summed E-state index contributed by atoms with van der Waals surface area (Å²) in [6.45, 7) is 10.0. The Balaban J connectivity index is 1.86. The molecule has 2 rings (SSSR count). The van der Waals surface area contributed by atoms with Crippen LogP contribution in [0.5, 0.6) is 0 Å². The maximum absolute atomic E-state index is 4.27. The van der Waals surface area contributed by atoms with Crippen molar-refractivity contribution in [2.24, 2.45) is 0 Å². The normalized spacial score (nSPS) is 21.9. The van der Waals surface area contributed by atoms with Gasteiger partial charge in [-0.3, -0.25) is 4.90 Å². The second-order valence-electron chi connectivity index (χ2n) is 4.85. The first-order chi connectivity index (χ1) is 8.31. The molecule has 1 saturated heterocycles. The van der Waals surface area contributed by atoms with Crippen LogP contribution in [0.2, 0.25) is 0 Å². The SMILES string of the molecule is CCCC1CNCCN1CCn1ccnc1C. The molecular weight excluding hydrogens is 212 g/mol. The van der Waals surface area contributed by atoms with Crippen molar-refractivity contribution in [3.63, 3.8) is 0 Å². The third kappa shape index (κ3) is 3.30. The summed E-state index contributed by atoms with van der Waals surface area (Å²) >= 11 is 0. The van der Waals surface area contributed by atoms with Gasteiger partial charge in [0.1, 0.15) is 5.82 Å². The topological polar surface area (TPSA) is 33.1 Å². The van der Waals surface area contributed by atoms with Crippen LogP contribution < -0.4 is 5.32 Å². The van der Waals surface area contributed by atoms with Crippen molar-refractivity contribution < 1.29 is 0 Å². The van der Waals surface area contributed by atoms with Crippen LogP contribution in [0.15, 0.2) is 12.4 Å². The van der Waals surface area contributed by atoms with E-state index in [2.05, 4.69) is 39.8 Å². The molecule has 0 amide bonds. The lowest BCUT2D eigenvalue weighted by Gasteiger charge is -2.36. The number of rotatable bonds is 5. The van der Waals surface area contributed by atoms with E-state index in [9.17, 15) is 0 Å². The van der Waals surface area contributed by atoms with E-state index in [4.69, 9.17) is 0 Å². The quantitative estimate of drug-likeness (QED) is 0.835. The molecule has 1 fully saturated rings. The first-order valence-corrected chi connectivity index (χ1v) is 6.73. The molecule has 0 bridgehead atoms. The van der Waals surface area contributed by atoms with E-state index in [0.717, 1.165) is 38.0 Å². The molecule has 0 radical (unpaired) electrons. The third-order valence-corrected chi connectivity index (χ3v) is 3.65. The molecule has 1 aliphatic heterocycles. The lowest BCUT2D eigenvalue weighted by atomic mass is 10.1. The monoisotopic (exact) mass is 236 g/mol. The minimum absolute atomic E-state index is 0.720. The Morgan fingerprint density at radius 3 is 3.06 bits per heavy atom. The molecule has 1 atom stereocenters. The average molecular weight is 236 g/mol. The molecule has 0 aliphatic carbocycles. The molecule has 4 nitrogen and oxygen atoms in total. The molecule has 1 aromatic heterocycles. The Bertz CT molecular complexity index is 332. The largest absolute Gasteiger partial charge is 0.334 e. The van der Waals surface area contributed by atoms with Crippen LogP contribution in [0.25, 0.3) is 0 Å². The predicted octanol–water partition coefficient (Wildman–Crippen LogP) is 1.27. The number of piperazine rings is 1. The highest BCUT2D eigenvalue weighted by molar-refractivity contribution is 4.89. The van der Waals surface area contributed by atoms with Crippen LogP contribution in [-0.2, 0) is 6.54 Å². The summed E-state index contributed by atoms with van der Waals surface area (Å²) in [6, 6.07) is 0.720. The van der Waals surface area contributed by atoms with Crippen molar-refractivity contribution >= 4 is 0 Å². The zero-order chi connectivity index (χ0) is 12.1. The Labute approximate surface area is 104 Å². The molecule has 96 valence electrons. The fourth-order valence-electron chi connectivity index (χ4n) is 2.59. The fourth-order valence-corrected chi connectivity index (χ4v) is 2.59. The molecule has 4 heteroatoms. The van der Waals surface area contributed by atoms with Gasteiger partial charge in [-0.15, -0.1) is 0 Å². The lowest BCUT2D eigenvalue weighted by molar-refractivity contribution is 0.146. The van der Waals surface area contributed by atoms with Crippen molar-refractivity contribution in [1.29, 1.82) is 0 Å². The van der Waals surface area contributed by atoms with Gasteiger partial charge in [-0.05, 0) is 13.3 Å². The maximum atomic E-state index is 4.27. The van der Waals surface area contributed by atoms with Crippen molar-refractivity contribution in [1.82, 2.24) is 19.8 Å². The van der Waals surface area contributed by atoms with Gasteiger partial charge in [0.15, 0.2) is 0 Å². The van der Waals surface area contributed by atoms with E-state index >= 15 is 0 Å². The van der Waals surface area contributed by atoms with Gasteiger partial charge >= 0.3 is 0 Å². The second-order valence-corrected chi connectivity index (χ2v) is 4.85. The van der Waals surface area contributed by atoms with Gasteiger partial charge in [-0.25, -0.2) is 4.98 Å².